The molecule has 0 fully saturated rings. The Kier molecular flexibility index (Phi) is 9.68. The summed E-state index contributed by atoms with van der Waals surface area (Å²) >= 11 is 0. The molecule has 0 saturated heterocycles. The molecule has 0 radical (unpaired) electrons. The molecule has 7 N–H and O–H groups in total. The molecule has 18 heavy (non-hydrogen) atoms. The van der Waals surface area contributed by atoms with Gasteiger partial charge in [0, 0.05) is 0 Å². The van der Waals surface area contributed by atoms with E-state index in [2.05, 4.69) is 13.8 Å². The van der Waals surface area contributed by atoms with E-state index in [4.69, 9.17) is 38.8 Å². The number of phosphoric ester groups is 2. The topological polar surface area (TPSA) is 221 Å². The zero-order valence-corrected chi connectivity index (χ0v) is 11.0. The minimum atomic E-state index is -4.64. The Labute approximate surface area is 99.7 Å². The highest BCUT2D eigenvalue weighted by Crippen LogP contribution is 2.37. The van der Waals surface area contributed by atoms with Crippen LogP contribution in [0.4, 0.5) is 0 Å². The van der Waals surface area contributed by atoms with Gasteiger partial charge in [0.15, 0.2) is 13.6 Å². The van der Waals surface area contributed by atoms with Crippen LogP contribution in [-0.2, 0) is 27.5 Å². The molecule has 0 saturated carbocycles. The molecule has 0 aliphatic rings. The molecule has 0 aliphatic carbocycles. The van der Waals surface area contributed by atoms with Crippen LogP contribution in [0.25, 0.3) is 0 Å². The van der Waals surface area contributed by atoms with Gasteiger partial charge >= 0.3 is 23.5 Å². The first-order valence-electron chi connectivity index (χ1n) is 3.47. The van der Waals surface area contributed by atoms with Gasteiger partial charge in [0.25, 0.3) is 0 Å². The Morgan fingerprint density at radius 2 is 0.889 bits per heavy atom. The van der Waals surface area contributed by atoms with E-state index in [0.29, 0.717) is 0 Å². The third kappa shape index (κ3) is 36.0. The highest BCUT2D eigenvalue weighted by atomic mass is 31.2. The third-order valence-electron chi connectivity index (χ3n) is 0.608. The Balaban J connectivity index is 0. The molecule has 0 aromatic rings. The summed E-state index contributed by atoms with van der Waals surface area (Å²) < 4.78 is 40.5. The maximum atomic E-state index is 9.99. The normalized spacial score (nSPS) is 12.8. The van der Waals surface area contributed by atoms with E-state index in [1.165, 1.54) is 0 Å². The second kappa shape index (κ2) is 8.46. The lowest BCUT2D eigenvalue weighted by Gasteiger charge is -2.07. The molecule has 0 aliphatic heterocycles. The Bertz CT molecular complexity index is 311. The molecule has 112 valence electrons. The van der Waals surface area contributed by atoms with Gasteiger partial charge in [-0.05, 0) is 0 Å². The Hall–Kier alpha value is 0.290. The third-order valence-corrected chi connectivity index (χ3v) is 1.49. The Morgan fingerprint density at radius 3 is 1.06 bits per heavy atom. The van der Waals surface area contributed by atoms with E-state index < -0.39 is 37.1 Å². The number of hydrogen-bond donors (Lipinski definition) is 7. The first kappa shape index (κ1) is 20.6. The maximum absolute atomic E-state index is 9.99. The van der Waals surface area contributed by atoms with Crippen molar-refractivity contribution in [2.24, 2.45) is 0 Å². The molecule has 0 spiro atoms. The maximum Gasteiger partial charge on any atom is 0.471 e. The van der Waals surface area contributed by atoms with Crippen molar-refractivity contribution in [2.75, 3.05) is 13.6 Å². The van der Waals surface area contributed by atoms with Crippen LogP contribution in [0, 0.1) is 0 Å². The molecular formula is C2H11O13P3. The van der Waals surface area contributed by atoms with E-state index in [1.54, 1.807) is 0 Å². The molecule has 0 unspecified atom stereocenters. The van der Waals surface area contributed by atoms with Crippen molar-refractivity contribution in [3.8, 4) is 0 Å². The summed E-state index contributed by atoms with van der Waals surface area (Å²) in [5.74, 6) is 0. The largest absolute Gasteiger partial charge is 0.471 e. The van der Waals surface area contributed by atoms with E-state index in [-0.39, 0.29) is 0 Å². The van der Waals surface area contributed by atoms with Crippen molar-refractivity contribution in [2.45, 2.75) is 0 Å². The van der Waals surface area contributed by atoms with Gasteiger partial charge < -0.3 is 39.0 Å². The average Bonchev–Trinajstić information content (AvgIpc) is 1.95. The summed E-state index contributed by atoms with van der Waals surface area (Å²) in [5.41, 5.74) is 0. The van der Waals surface area contributed by atoms with Gasteiger partial charge in [-0.3, -0.25) is 9.05 Å². The SMILES string of the molecule is O=P(O)(O)O.O=P(O)(O)OCOCOP(=O)(O)O. The standard InChI is InChI=1S/C2H8O9P2.H3O4P/c3-12(4,5)10-1-9-2-11-13(6,7)8;1-5(2,3)4/h1-2H2,(H2,3,4,5)(H2,6,7,8);(H3,1,2,3,4). The lowest BCUT2D eigenvalue weighted by molar-refractivity contribution is -0.0699. The minimum Gasteiger partial charge on any atom is -0.328 e. The summed E-state index contributed by atoms with van der Waals surface area (Å²) in [5, 5.41) is 0. The fraction of sp³-hybridized carbons (Fsp3) is 1.00. The number of ether oxygens (including phenoxy) is 1. The zero-order valence-electron chi connectivity index (χ0n) is 8.34. The molecule has 0 atom stereocenters. The quantitative estimate of drug-likeness (QED) is 0.162. The van der Waals surface area contributed by atoms with Crippen LogP contribution in [-0.4, -0.2) is 47.8 Å². The monoisotopic (exact) mass is 336 g/mol. The summed E-state index contributed by atoms with van der Waals surface area (Å²) in [6.45, 7) is -1.66. The first-order valence-corrected chi connectivity index (χ1v) is 8.09. The van der Waals surface area contributed by atoms with Crippen LogP contribution in [0.3, 0.4) is 0 Å². The lowest BCUT2D eigenvalue weighted by atomic mass is 11.4. The van der Waals surface area contributed by atoms with E-state index in [9.17, 15) is 9.13 Å². The smallest absolute Gasteiger partial charge is 0.328 e. The van der Waals surface area contributed by atoms with Crippen molar-refractivity contribution in [1.82, 2.24) is 0 Å². The predicted molar refractivity (Wildman–Crippen MR) is 51.3 cm³/mol. The fourth-order valence-electron chi connectivity index (χ4n) is 0.246. The summed E-state index contributed by atoms with van der Waals surface area (Å²) in [4.78, 5) is 53.9. The molecular weight excluding hydrogens is 325 g/mol. The molecule has 13 nitrogen and oxygen atoms in total. The molecule has 0 rings (SSSR count). The minimum absolute atomic E-state index is 0.829. The van der Waals surface area contributed by atoms with Gasteiger partial charge in [-0.1, -0.05) is 0 Å². The average molecular weight is 336 g/mol. The molecule has 0 bridgehead atoms. The summed E-state index contributed by atoms with van der Waals surface area (Å²) in [7, 11) is -13.9. The van der Waals surface area contributed by atoms with Gasteiger partial charge in [0.2, 0.25) is 0 Å². The molecule has 0 aromatic heterocycles. The van der Waals surface area contributed by atoms with E-state index >= 15 is 0 Å². The second-order valence-corrected chi connectivity index (χ2v) is 5.70. The highest BCUT2D eigenvalue weighted by molar-refractivity contribution is 7.46. The summed E-state index contributed by atoms with van der Waals surface area (Å²) in [6, 6.07) is 0. The van der Waals surface area contributed by atoms with E-state index in [1.807, 2.05) is 0 Å². The molecule has 16 heteroatoms. The van der Waals surface area contributed by atoms with Crippen molar-refractivity contribution in [3.63, 3.8) is 0 Å². The highest BCUT2D eigenvalue weighted by Gasteiger charge is 2.15. The van der Waals surface area contributed by atoms with Crippen molar-refractivity contribution in [3.05, 3.63) is 0 Å². The number of phosphoric acid groups is 3. The van der Waals surface area contributed by atoms with E-state index in [0.717, 1.165) is 0 Å². The number of hydrogen-bond acceptors (Lipinski definition) is 6. The van der Waals surface area contributed by atoms with Crippen molar-refractivity contribution >= 4 is 23.5 Å². The van der Waals surface area contributed by atoms with Gasteiger partial charge in [0.1, 0.15) is 0 Å². The molecule has 0 heterocycles. The molecule has 0 aromatic carbocycles. The van der Waals surface area contributed by atoms with Crippen molar-refractivity contribution in [1.29, 1.82) is 0 Å². The zero-order chi connectivity index (χ0) is 15.0. The van der Waals surface area contributed by atoms with Gasteiger partial charge in [0.05, 0.1) is 0 Å². The fourth-order valence-corrected chi connectivity index (χ4v) is 0.670. The second-order valence-electron chi connectivity index (χ2n) is 2.19. The van der Waals surface area contributed by atoms with Gasteiger partial charge in [-0.15, -0.1) is 0 Å². The van der Waals surface area contributed by atoms with Crippen molar-refractivity contribution < 1.29 is 61.7 Å². The van der Waals surface area contributed by atoms with Crippen LogP contribution < -0.4 is 0 Å². The van der Waals surface area contributed by atoms with Crippen LogP contribution in [0.15, 0.2) is 0 Å². The van der Waals surface area contributed by atoms with Crippen LogP contribution in [0.1, 0.15) is 0 Å². The van der Waals surface area contributed by atoms with Gasteiger partial charge in [-0.2, -0.15) is 0 Å². The van der Waals surface area contributed by atoms with Crippen LogP contribution in [0.5, 0.6) is 0 Å². The Morgan fingerprint density at radius 1 is 0.667 bits per heavy atom. The van der Waals surface area contributed by atoms with Crippen LogP contribution in [0.2, 0.25) is 0 Å². The first-order chi connectivity index (χ1) is 7.71. The number of rotatable bonds is 6. The lowest BCUT2D eigenvalue weighted by Crippen LogP contribution is -2.02. The van der Waals surface area contributed by atoms with Gasteiger partial charge in [-0.25, -0.2) is 13.7 Å². The summed E-state index contributed by atoms with van der Waals surface area (Å²) in [6.07, 6.45) is 0. The predicted octanol–water partition coefficient (Wildman–Crippen LogP) is -1.79. The molecule has 0 amide bonds. The van der Waals surface area contributed by atoms with Crippen LogP contribution >= 0.6 is 23.5 Å².